The number of piperidine rings is 1. The van der Waals surface area contributed by atoms with Gasteiger partial charge in [-0.1, -0.05) is 6.07 Å². The molecule has 4 aliphatic rings. The maximum absolute atomic E-state index is 12.9. The average Bonchev–Trinajstić information content (AvgIpc) is 2.96. The van der Waals surface area contributed by atoms with Crippen molar-refractivity contribution in [1.82, 2.24) is 4.90 Å². The lowest BCUT2D eigenvalue weighted by atomic mass is 9.49. The van der Waals surface area contributed by atoms with E-state index in [0.29, 0.717) is 24.3 Å². The molecule has 0 N–H and O–H groups in total. The number of rotatable bonds is 2. The Hall–Kier alpha value is -2.08. The van der Waals surface area contributed by atoms with Crippen LogP contribution in [0.4, 0.5) is 0 Å². The molecule has 2 aliphatic heterocycles. The Morgan fingerprint density at radius 2 is 2.15 bits per heavy atom. The third kappa shape index (κ3) is 1.62. The molecule has 5 rings (SSSR count). The summed E-state index contributed by atoms with van der Waals surface area (Å²) < 4.78 is 17.9. The monoisotopic (exact) mass is 357 g/mol. The highest BCUT2D eigenvalue weighted by Crippen LogP contribution is 2.65. The molecule has 1 spiro atoms. The van der Waals surface area contributed by atoms with Gasteiger partial charge < -0.3 is 14.2 Å². The van der Waals surface area contributed by atoms with Crippen LogP contribution in [0.25, 0.3) is 0 Å². The number of likely N-dealkylation sites (tertiary alicyclic amines) is 1. The van der Waals surface area contributed by atoms with Gasteiger partial charge in [0.1, 0.15) is 5.60 Å². The van der Waals surface area contributed by atoms with E-state index < -0.39 is 17.1 Å². The zero-order valence-corrected chi connectivity index (χ0v) is 15.3. The van der Waals surface area contributed by atoms with Crippen molar-refractivity contribution >= 4 is 11.8 Å². The van der Waals surface area contributed by atoms with Crippen LogP contribution in [0, 0.1) is 0 Å². The summed E-state index contributed by atoms with van der Waals surface area (Å²) in [4.78, 5) is 27.3. The van der Waals surface area contributed by atoms with Crippen LogP contribution in [0.5, 0.6) is 11.5 Å². The number of likely N-dealkylation sites (N-methyl/N-ethyl adjacent to an activating group) is 1. The summed E-state index contributed by atoms with van der Waals surface area (Å²) >= 11 is 0. The molecule has 1 aromatic carbocycles. The van der Waals surface area contributed by atoms with Gasteiger partial charge in [0.25, 0.3) is 0 Å². The first-order valence-electron chi connectivity index (χ1n) is 9.24. The minimum Gasteiger partial charge on any atom is -0.493 e. The van der Waals surface area contributed by atoms with Crippen molar-refractivity contribution in [3.05, 3.63) is 23.3 Å². The Kier molecular flexibility index (Phi) is 3.10. The number of carbonyl (C=O) groups excluding carboxylic acids is 2. The minimum absolute atomic E-state index is 0.0474. The van der Waals surface area contributed by atoms with Gasteiger partial charge in [-0.25, -0.2) is 0 Å². The van der Waals surface area contributed by atoms with Gasteiger partial charge >= 0.3 is 5.97 Å². The number of ether oxygens (including phenoxy) is 3. The number of hydrogen-bond acceptors (Lipinski definition) is 6. The lowest BCUT2D eigenvalue weighted by molar-refractivity contribution is -0.211. The summed E-state index contributed by atoms with van der Waals surface area (Å²) in [5.41, 5.74) is 0.885. The summed E-state index contributed by atoms with van der Waals surface area (Å²) in [5.74, 6) is 1.12. The van der Waals surface area contributed by atoms with Gasteiger partial charge in [0, 0.05) is 18.9 Å². The molecular formula is C20H23NO5. The molecule has 0 amide bonds. The van der Waals surface area contributed by atoms with Gasteiger partial charge in [0.15, 0.2) is 23.4 Å². The van der Waals surface area contributed by atoms with E-state index >= 15 is 0 Å². The second kappa shape index (κ2) is 5.00. The molecule has 1 saturated heterocycles. The van der Waals surface area contributed by atoms with Gasteiger partial charge in [-0.15, -0.1) is 0 Å². The van der Waals surface area contributed by atoms with Crippen molar-refractivity contribution in [1.29, 1.82) is 0 Å². The van der Waals surface area contributed by atoms with Crippen LogP contribution in [-0.4, -0.2) is 55.1 Å². The number of nitrogens with zero attached hydrogens (tertiary/aromatic N) is 1. The number of carbonyl (C=O) groups is 2. The maximum Gasteiger partial charge on any atom is 0.303 e. The molecule has 26 heavy (non-hydrogen) atoms. The summed E-state index contributed by atoms with van der Waals surface area (Å²) in [7, 11) is 3.70. The normalized spacial score (nSPS) is 37.0. The van der Waals surface area contributed by atoms with Crippen LogP contribution >= 0.6 is 0 Å². The van der Waals surface area contributed by atoms with Gasteiger partial charge in [0.05, 0.1) is 18.6 Å². The SMILES string of the molecule is COc1ccc2c3c1OC1C(=O)CCC4(OC(C)=O)[C@@H](C2)N(C)CC[C@]314. The third-order valence-corrected chi connectivity index (χ3v) is 7.02. The quantitative estimate of drug-likeness (QED) is 0.750. The molecule has 138 valence electrons. The molecule has 2 fully saturated rings. The van der Waals surface area contributed by atoms with Crippen molar-refractivity contribution in [3.8, 4) is 11.5 Å². The summed E-state index contributed by atoms with van der Waals surface area (Å²) in [5, 5.41) is 0. The van der Waals surface area contributed by atoms with E-state index in [9.17, 15) is 9.59 Å². The zero-order chi connectivity index (χ0) is 18.3. The minimum atomic E-state index is -0.727. The first-order chi connectivity index (χ1) is 12.4. The molecule has 2 aliphatic carbocycles. The van der Waals surface area contributed by atoms with Crippen molar-refractivity contribution in [2.75, 3.05) is 20.7 Å². The molecule has 0 radical (unpaired) electrons. The molecule has 1 saturated carbocycles. The van der Waals surface area contributed by atoms with E-state index in [4.69, 9.17) is 14.2 Å². The Morgan fingerprint density at radius 3 is 2.88 bits per heavy atom. The molecule has 6 heteroatoms. The predicted octanol–water partition coefficient (Wildman–Crippen LogP) is 1.62. The molecular weight excluding hydrogens is 334 g/mol. The number of Topliss-reactive ketones (excluding diaryl/α,β-unsaturated/α-hetero) is 1. The standard InChI is InChI=1S/C20H23NO5/c1-11(22)26-20-7-6-13(23)18-19(20)8-9-21(2)15(20)10-12-4-5-14(24-3)17(25-18)16(12)19/h4-5,15,18H,6-10H2,1-3H3/t15-,18?,19+,20?/m1/s1. The highest BCUT2D eigenvalue weighted by Gasteiger charge is 2.75. The first-order valence-corrected chi connectivity index (χ1v) is 9.24. The second-order valence-corrected chi connectivity index (χ2v) is 8.00. The average molecular weight is 357 g/mol. The van der Waals surface area contributed by atoms with Gasteiger partial charge in [-0.3, -0.25) is 14.5 Å². The second-order valence-electron chi connectivity index (χ2n) is 8.00. The molecule has 0 aromatic heterocycles. The van der Waals surface area contributed by atoms with Crippen molar-refractivity contribution in [3.63, 3.8) is 0 Å². The Bertz CT molecular complexity index is 836. The fourth-order valence-corrected chi connectivity index (χ4v) is 6.12. The van der Waals surface area contributed by atoms with Gasteiger partial charge in [-0.2, -0.15) is 0 Å². The van der Waals surface area contributed by atoms with E-state index in [1.54, 1.807) is 7.11 Å². The van der Waals surface area contributed by atoms with Crippen molar-refractivity contribution < 1.29 is 23.8 Å². The van der Waals surface area contributed by atoms with Crippen LogP contribution in [0.15, 0.2) is 12.1 Å². The number of benzene rings is 1. The smallest absolute Gasteiger partial charge is 0.303 e. The largest absolute Gasteiger partial charge is 0.493 e. The topological polar surface area (TPSA) is 65.1 Å². The fraction of sp³-hybridized carbons (Fsp3) is 0.600. The van der Waals surface area contributed by atoms with Crippen LogP contribution in [0.1, 0.15) is 37.3 Å². The van der Waals surface area contributed by atoms with Crippen LogP contribution < -0.4 is 9.47 Å². The summed E-state index contributed by atoms with van der Waals surface area (Å²) in [6, 6.07) is 4.04. The van der Waals surface area contributed by atoms with E-state index in [-0.39, 0.29) is 17.8 Å². The molecule has 2 heterocycles. The van der Waals surface area contributed by atoms with Crippen LogP contribution in [0.2, 0.25) is 0 Å². The summed E-state index contributed by atoms with van der Waals surface area (Å²) in [6.45, 7) is 2.31. The molecule has 4 atom stereocenters. The number of hydrogen-bond donors (Lipinski definition) is 0. The third-order valence-electron chi connectivity index (χ3n) is 7.02. The lowest BCUT2D eigenvalue weighted by Crippen LogP contribution is -2.77. The van der Waals surface area contributed by atoms with E-state index in [1.165, 1.54) is 12.5 Å². The lowest BCUT2D eigenvalue weighted by Gasteiger charge is -2.63. The van der Waals surface area contributed by atoms with Gasteiger partial charge in [-0.05, 0) is 44.5 Å². The van der Waals surface area contributed by atoms with Crippen LogP contribution in [-0.2, 0) is 26.2 Å². The van der Waals surface area contributed by atoms with Crippen molar-refractivity contribution in [2.45, 2.75) is 55.8 Å². The number of ketones is 1. The van der Waals surface area contributed by atoms with Crippen LogP contribution in [0.3, 0.4) is 0 Å². The Balaban J connectivity index is 1.85. The Morgan fingerprint density at radius 1 is 1.35 bits per heavy atom. The Labute approximate surface area is 152 Å². The maximum atomic E-state index is 12.9. The highest BCUT2D eigenvalue weighted by atomic mass is 16.6. The molecule has 2 bridgehead atoms. The first kappa shape index (κ1) is 16.1. The predicted molar refractivity (Wildman–Crippen MR) is 92.6 cm³/mol. The van der Waals surface area contributed by atoms with E-state index in [0.717, 1.165) is 24.9 Å². The fourth-order valence-electron chi connectivity index (χ4n) is 6.12. The van der Waals surface area contributed by atoms with Crippen molar-refractivity contribution in [2.24, 2.45) is 0 Å². The zero-order valence-electron chi connectivity index (χ0n) is 15.3. The number of methoxy groups -OCH3 is 1. The van der Waals surface area contributed by atoms with E-state index in [1.807, 2.05) is 6.07 Å². The van der Waals surface area contributed by atoms with Gasteiger partial charge in [0.2, 0.25) is 0 Å². The summed E-state index contributed by atoms with van der Waals surface area (Å²) in [6.07, 6.45) is 1.84. The van der Waals surface area contributed by atoms with E-state index in [2.05, 4.69) is 18.0 Å². The molecule has 2 unspecified atom stereocenters. The molecule has 1 aromatic rings. The molecule has 6 nitrogen and oxygen atoms in total. The highest BCUT2D eigenvalue weighted by molar-refractivity contribution is 5.90. The number of esters is 1.